The van der Waals surface area contributed by atoms with Gasteiger partial charge in [-0.2, -0.15) is 18.3 Å². The Balaban J connectivity index is 0.00000225. The first-order chi connectivity index (χ1) is 12.9. The van der Waals surface area contributed by atoms with E-state index in [-0.39, 0.29) is 18.2 Å². The zero-order valence-corrected chi connectivity index (χ0v) is 15.1. The lowest BCUT2D eigenvalue weighted by atomic mass is 10.0. The lowest BCUT2D eigenvalue weighted by Gasteiger charge is -2.09. The van der Waals surface area contributed by atoms with Gasteiger partial charge in [0, 0.05) is 11.8 Å². The van der Waals surface area contributed by atoms with Crippen molar-refractivity contribution in [2.24, 2.45) is 0 Å². The van der Waals surface area contributed by atoms with Crippen LogP contribution in [0, 0.1) is 5.82 Å². The van der Waals surface area contributed by atoms with Crippen molar-refractivity contribution in [3.63, 3.8) is 0 Å². The standard InChI is InChI=1S/C20H13F4N3.ClH/c21-17-6-1-3-13(7-17)12-27-19-9-15(10-25-18(19)11-26-27)14-4-2-5-16(8-14)20(22,23)24;/h1-11H,12H2;1H. The number of benzene rings is 2. The fraction of sp³-hybridized carbons (Fsp3) is 0.100. The highest BCUT2D eigenvalue weighted by atomic mass is 35.5. The van der Waals surface area contributed by atoms with Crippen molar-refractivity contribution in [3.05, 3.63) is 83.9 Å². The molecule has 2 aromatic heterocycles. The van der Waals surface area contributed by atoms with Crippen LogP contribution in [0.15, 0.2) is 67.0 Å². The van der Waals surface area contributed by atoms with Gasteiger partial charge in [-0.3, -0.25) is 9.67 Å². The summed E-state index contributed by atoms with van der Waals surface area (Å²) in [6, 6.07) is 13.0. The van der Waals surface area contributed by atoms with Gasteiger partial charge in [-0.1, -0.05) is 24.3 Å². The summed E-state index contributed by atoms with van der Waals surface area (Å²) in [5, 5.41) is 4.26. The maximum Gasteiger partial charge on any atom is 0.416 e. The van der Waals surface area contributed by atoms with E-state index in [1.54, 1.807) is 35.1 Å². The zero-order valence-electron chi connectivity index (χ0n) is 14.3. The Hall–Kier alpha value is -2.93. The van der Waals surface area contributed by atoms with Crippen LogP contribution in [0.4, 0.5) is 17.6 Å². The third-order valence-corrected chi connectivity index (χ3v) is 4.24. The van der Waals surface area contributed by atoms with Crippen LogP contribution in [0.3, 0.4) is 0 Å². The van der Waals surface area contributed by atoms with Gasteiger partial charge in [0.05, 0.1) is 23.8 Å². The molecule has 0 amide bonds. The number of aromatic nitrogens is 3. The maximum absolute atomic E-state index is 13.4. The molecule has 4 rings (SSSR count). The van der Waals surface area contributed by atoms with Crippen molar-refractivity contribution in [3.8, 4) is 11.1 Å². The van der Waals surface area contributed by atoms with E-state index in [0.29, 0.717) is 28.7 Å². The van der Waals surface area contributed by atoms with Gasteiger partial charge in [0.2, 0.25) is 0 Å². The Bertz CT molecular complexity index is 1120. The Morgan fingerprint density at radius 3 is 2.43 bits per heavy atom. The lowest BCUT2D eigenvalue weighted by Crippen LogP contribution is -2.04. The van der Waals surface area contributed by atoms with E-state index in [0.717, 1.165) is 17.7 Å². The molecule has 8 heteroatoms. The summed E-state index contributed by atoms with van der Waals surface area (Å²) >= 11 is 0. The quantitative estimate of drug-likeness (QED) is 0.406. The van der Waals surface area contributed by atoms with E-state index < -0.39 is 11.7 Å². The molecule has 0 atom stereocenters. The molecule has 0 aliphatic heterocycles. The molecule has 144 valence electrons. The van der Waals surface area contributed by atoms with Gasteiger partial charge in [-0.05, 0) is 41.5 Å². The Morgan fingerprint density at radius 1 is 0.893 bits per heavy atom. The van der Waals surface area contributed by atoms with Crippen LogP contribution in [0.5, 0.6) is 0 Å². The minimum Gasteiger partial charge on any atom is -0.259 e. The van der Waals surface area contributed by atoms with Crippen molar-refractivity contribution in [1.82, 2.24) is 14.8 Å². The summed E-state index contributed by atoms with van der Waals surface area (Å²) in [6.45, 7) is 0.328. The number of nitrogens with zero attached hydrogens (tertiary/aromatic N) is 3. The zero-order chi connectivity index (χ0) is 19.0. The Kier molecular flexibility index (Phi) is 5.38. The summed E-state index contributed by atoms with van der Waals surface area (Å²) < 4.78 is 53.9. The SMILES string of the molecule is Cl.Fc1cccc(Cn2ncc3ncc(-c4cccc(C(F)(F)F)c4)cc32)c1. The number of rotatable bonds is 3. The molecule has 4 aromatic rings. The predicted octanol–water partition coefficient (Wildman–Crippen LogP) is 5.73. The maximum atomic E-state index is 13.4. The van der Waals surface area contributed by atoms with E-state index >= 15 is 0 Å². The highest BCUT2D eigenvalue weighted by Gasteiger charge is 2.30. The van der Waals surface area contributed by atoms with Gasteiger partial charge >= 0.3 is 6.18 Å². The van der Waals surface area contributed by atoms with Gasteiger partial charge in [0.1, 0.15) is 11.3 Å². The number of pyridine rings is 1. The molecule has 0 N–H and O–H groups in total. The van der Waals surface area contributed by atoms with Gasteiger partial charge < -0.3 is 0 Å². The van der Waals surface area contributed by atoms with Crippen LogP contribution in [0.1, 0.15) is 11.1 Å². The minimum atomic E-state index is -4.41. The second-order valence-electron chi connectivity index (χ2n) is 6.14. The van der Waals surface area contributed by atoms with E-state index in [4.69, 9.17) is 0 Å². The van der Waals surface area contributed by atoms with Gasteiger partial charge in [-0.25, -0.2) is 4.39 Å². The number of fused-ring (bicyclic) bond motifs is 1. The first-order valence-electron chi connectivity index (χ1n) is 8.14. The fourth-order valence-corrected chi connectivity index (χ4v) is 2.92. The normalized spacial score (nSPS) is 11.4. The van der Waals surface area contributed by atoms with E-state index in [1.165, 1.54) is 24.4 Å². The van der Waals surface area contributed by atoms with Gasteiger partial charge in [0.25, 0.3) is 0 Å². The van der Waals surface area contributed by atoms with Crippen molar-refractivity contribution in [1.29, 1.82) is 0 Å². The molecule has 0 bridgehead atoms. The molecule has 0 unspecified atom stereocenters. The molecule has 0 aliphatic carbocycles. The van der Waals surface area contributed by atoms with E-state index in [9.17, 15) is 17.6 Å². The van der Waals surface area contributed by atoms with E-state index in [2.05, 4.69) is 10.1 Å². The summed E-state index contributed by atoms with van der Waals surface area (Å²) in [4.78, 5) is 4.29. The molecule has 0 saturated heterocycles. The fourth-order valence-electron chi connectivity index (χ4n) is 2.92. The molecule has 0 saturated carbocycles. The highest BCUT2D eigenvalue weighted by Crippen LogP contribution is 2.32. The second kappa shape index (κ2) is 7.59. The molecule has 0 radical (unpaired) electrons. The Morgan fingerprint density at radius 2 is 1.68 bits per heavy atom. The monoisotopic (exact) mass is 407 g/mol. The number of alkyl halides is 3. The average molecular weight is 408 g/mol. The van der Waals surface area contributed by atoms with Crippen LogP contribution >= 0.6 is 12.4 Å². The lowest BCUT2D eigenvalue weighted by molar-refractivity contribution is -0.137. The van der Waals surface area contributed by atoms with E-state index in [1.807, 2.05) is 0 Å². The number of halogens is 5. The van der Waals surface area contributed by atoms with Crippen LogP contribution in [-0.4, -0.2) is 14.8 Å². The second-order valence-corrected chi connectivity index (χ2v) is 6.14. The molecule has 2 heterocycles. The first kappa shape index (κ1) is 19.8. The molecular weight excluding hydrogens is 394 g/mol. The first-order valence-corrected chi connectivity index (χ1v) is 8.14. The number of hydrogen-bond donors (Lipinski definition) is 0. The van der Waals surface area contributed by atoms with Crippen molar-refractivity contribution < 1.29 is 17.6 Å². The van der Waals surface area contributed by atoms with Crippen LogP contribution in [-0.2, 0) is 12.7 Å². The molecule has 3 nitrogen and oxygen atoms in total. The largest absolute Gasteiger partial charge is 0.416 e. The summed E-state index contributed by atoms with van der Waals surface area (Å²) in [7, 11) is 0. The summed E-state index contributed by atoms with van der Waals surface area (Å²) in [5.41, 5.74) is 2.25. The molecule has 28 heavy (non-hydrogen) atoms. The molecular formula is C20H14ClF4N3. The summed E-state index contributed by atoms with van der Waals surface area (Å²) in [5.74, 6) is -0.341. The van der Waals surface area contributed by atoms with Crippen molar-refractivity contribution in [2.75, 3.05) is 0 Å². The minimum absolute atomic E-state index is 0. The predicted molar refractivity (Wildman–Crippen MR) is 101 cm³/mol. The van der Waals surface area contributed by atoms with Crippen molar-refractivity contribution >= 4 is 23.4 Å². The molecule has 0 spiro atoms. The highest BCUT2D eigenvalue weighted by molar-refractivity contribution is 5.85. The molecule has 2 aromatic carbocycles. The topological polar surface area (TPSA) is 30.7 Å². The third-order valence-electron chi connectivity index (χ3n) is 4.24. The number of hydrogen-bond acceptors (Lipinski definition) is 2. The third kappa shape index (κ3) is 3.99. The smallest absolute Gasteiger partial charge is 0.259 e. The average Bonchev–Trinajstić information content (AvgIpc) is 3.03. The summed E-state index contributed by atoms with van der Waals surface area (Å²) in [6.07, 6.45) is -1.32. The molecule has 0 aliphatic rings. The van der Waals surface area contributed by atoms with Gasteiger partial charge in [0.15, 0.2) is 0 Å². The Labute approximate surface area is 164 Å². The van der Waals surface area contributed by atoms with Crippen LogP contribution < -0.4 is 0 Å². The van der Waals surface area contributed by atoms with Crippen LogP contribution in [0.25, 0.3) is 22.2 Å². The van der Waals surface area contributed by atoms with Gasteiger partial charge in [-0.15, -0.1) is 12.4 Å². The van der Waals surface area contributed by atoms with Crippen molar-refractivity contribution in [2.45, 2.75) is 12.7 Å². The molecule has 0 fully saturated rings. The van der Waals surface area contributed by atoms with Crippen LogP contribution in [0.2, 0.25) is 0 Å².